The molecule has 7 nitrogen and oxygen atoms in total. The maximum absolute atomic E-state index is 12.6. The molecule has 2 heterocycles. The molecule has 2 aliphatic rings. The van der Waals surface area contributed by atoms with Gasteiger partial charge in [-0.1, -0.05) is 0 Å². The molecular weight excluding hydrogens is 340 g/mol. The Balaban J connectivity index is 1.43. The van der Waals surface area contributed by atoms with E-state index in [-0.39, 0.29) is 23.7 Å². The van der Waals surface area contributed by atoms with Crippen LogP contribution in [0.4, 0.5) is 5.13 Å². The van der Waals surface area contributed by atoms with Crippen molar-refractivity contribution in [2.75, 3.05) is 11.9 Å². The Kier molecular flexibility index (Phi) is 4.29. The summed E-state index contributed by atoms with van der Waals surface area (Å²) in [5, 5.41) is 3.52. The normalized spacial score (nSPS) is 21.5. The van der Waals surface area contributed by atoms with E-state index in [4.69, 9.17) is 4.74 Å². The maximum atomic E-state index is 12.6. The number of anilines is 1. The van der Waals surface area contributed by atoms with E-state index in [0.717, 1.165) is 47.6 Å². The molecule has 2 aromatic rings. The van der Waals surface area contributed by atoms with Crippen molar-refractivity contribution >= 4 is 28.3 Å². The Morgan fingerprint density at radius 3 is 3.12 bits per heavy atom. The lowest BCUT2D eigenvalue weighted by Crippen LogP contribution is -2.28. The molecule has 2 unspecified atom stereocenters. The molecule has 0 aliphatic heterocycles. The van der Waals surface area contributed by atoms with Crippen LogP contribution in [0.2, 0.25) is 0 Å². The number of H-pyrrole nitrogens is 1. The molecule has 0 radical (unpaired) electrons. The van der Waals surface area contributed by atoms with Gasteiger partial charge in [0.15, 0.2) is 5.13 Å². The van der Waals surface area contributed by atoms with E-state index in [1.165, 1.54) is 11.3 Å². The summed E-state index contributed by atoms with van der Waals surface area (Å²) < 4.78 is 5.12. The average Bonchev–Trinajstić information content (AvgIpc) is 3.28. The van der Waals surface area contributed by atoms with Gasteiger partial charge >= 0.3 is 5.97 Å². The van der Waals surface area contributed by atoms with E-state index < -0.39 is 0 Å². The van der Waals surface area contributed by atoms with Crippen LogP contribution in [0.25, 0.3) is 0 Å². The minimum absolute atomic E-state index is 0.0136. The molecule has 1 amide bonds. The number of nitrogens with one attached hydrogen (secondary N) is 2. The third-order valence-electron chi connectivity index (χ3n) is 4.88. The third-order valence-corrected chi connectivity index (χ3v) is 5.92. The molecule has 0 bridgehead atoms. The minimum Gasteiger partial charge on any atom is -0.465 e. The second kappa shape index (κ2) is 6.59. The number of hydrogen-bond donors (Lipinski definition) is 2. The van der Waals surface area contributed by atoms with Gasteiger partial charge in [-0.15, -0.1) is 11.3 Å². The average molecular weight is 360 g/mol. The quantitative estimate of drug-likeness (QED) is 0.815. The van der Waals surface area contributed by atoms with Gasteiger partial charge in [0.25, 0.3) is 0 Å². The number of imidazole rings is 1. The van der Waals surface area contributed by atoms with Crippen molar-refractivity contribution in [2.45, 2.75) is 44.9 Å². The van der Waals surface area contributed by atoms with Crippen LogP contribution in [0.1, 0.15) is 47.6 Å². The van der Waals surface area contributed by atoms with E-state index in [9.17, 15) is 9.59 Å². The molecule has 2 aliphatic carbocycles. The van der Waals surface area contributed by atoms with Crippen LogP contribution in [0.5, 0.6) is 0 Å². The Hall–Kier alpha value is -2.22. The summed E-state index contributed by atoms with van der Waals surface area (Å²) in [4.78, 5) is 37.6. The van der Waals surface area contributed by atoms with Crippen LogP contribution >= 0.6 is 11.3 Å². The Morgan fingerprint density at radius 2 is 2.28 bits per heavy atom. The number of carbonyl (C=O) groups is 2. The standard InChI is InChI=1S/C17H20N4O3S/c1-2-24-16(23)10-4-6-13-14(10)20-17(25-13)21-15(22)9-3-5-11-12(7-9)19-8-18-11/h8-10H,2-7H2,1H3,(H,18,19)(H,20,21,22). The van der Waals surface area contributed by atoms with Gasteiger partial charge in [0, 0.05) is 22.9 Å². The first-order chi connectivity index (χ1) is 12.2. The fourth-order valence-corrected chi connectivity index (χ4v) is 4.63. The van der Waals surface area contributed by atoms with Gasteiger partial charge in [-0.25, -0.2) is 9.97 Å². The first kappa shape index (κ1) is 16.3. The van der Waals surface area contributed by atoms with Crippen molar-refractivity contribution in [3.05, 3.63) is 28.3 Å². The number of hydrogen-bond acceptors (Lipinski definition) is 6. The highest BCUT2D eigenvalue weighted by Gasteiger charge is 2.34. The Labute approximate surface area is 149 Å². The number of thiazole rings is 1. The topological polar surface area (TPSA) is 97.0 Å². The molecule has 25 heavy (non-hydrogen) atoms. The van der Waals surface area contributed by atoms with Gasteiger partial charge in [0.05, 0.1) is 24.3 Å². The predicted octanol–water partition coefficient (Wildman–Crippen LogP) is 2.20. The molecule has 0 saturated carbocycles. The van der Waals surface area contributed by atoms with Crippen LogP contribution in [0.3, 0.4) is 0 Å². The molecular formula is C17H20N4O3S. The van der Waals surface area contributed by atoms with Crippen molar-refractivity contribution in [3.63, 3.8) is 0 Å². The summed E-state index contributed by atoms with van der Waals surface area (Å²) >= 11 is 1.47. The highest BCUT2D eigenvalue weighted by molar-refractivity contribution is 7.16. The first-order valence-electron chi connectivity index (χ1n) is 8.64. The fraction of sp³-hybridized carbons (Fsp3) is 0.529. The van der Waals surface area contributed by atoms with Crippen LogP contribution in [-0.2, 0) is 33.6 Å². The van der Waals surface area contributed by atoms with Gasteiger partial charge < -0.3 is 15.0 Å². The number of aromatic amines is 1. The summed E-state index contributed by atoms with van der Waals surface area (Å²) in [6.45, 7) is 2.17. The maximum Gasteiger partial charge on any atom is 0.315 e. The molecule has 2 N–H and O–H groups in total. The predicted molar refractivity (Wildman–Crippen MR) is 92.5 cm³/mol. The fourth-order valence-electron chi connectivity index (χ4n) is 3.59. The number of nitrogens with zero attached hydrogens (tertiary/aromatic N) is 2. The molecule has 2 aromatic heterocycles. The van der Waals surface area contributed by atoms with Gasteiger partial charge in [-0.05, 0) is 32.6 Å². The summed E-state index contributed by atoms with van der Waals surface area (Å²) in [5.74, 6) is -0.601. The van der Waals surface area contributed by atoms with Crippen molar-refractivity contribution in [1.82, 2.24) is 15.0 Å². The van der Waals surface area contributed by atoms with Crippen molar-refractivity contribution in [2.24, 2.45) is 5.92 Å². The molecule has 132 valence electrons. The largest absolute Gasteiger partial charge is 0.465 e. The molecule has 4 rings (SSSR count). The second-order valence-electron chi connectivity index (χ2n) is 6.43. The van der Waals surface area contributed by atoms with Crippen LogP contribution < -0.4 is 5.32 Å². The zero-order valence-electron chi connectivity index (χ0n) is 14.0. The molecule has 0 fully saturated rings. The van der Waals surface area contributed by atoms with Crippen LogP contribution in [-0.4, -0.2) is 33.4 Å². The molecule has 8 heteroatoms. The minimum atomic E-state index is -0.293. The molecule has 0 spiro atoms. The number of esters is 1. The number of fused-ring (bicyclic) bond motifs is 2. The number of aromatic nitrogens is 3. The Bertz CT molecular complexity index is 813. The number of rotatable bonds is 4. The van der Waals surface area contributed by atoms with E-state index in [0.29, 0.717) is 18.2 Å². The molecule has 0 aromatic carbocycles. The summed E-state index contributed by atoms with van der Waals surface area (Å²) in [6.07, 6.45) is 5.53. The van der Waals surface area contributed by atoms with Crippen molar-refractivity contribution < 1.29 is 14.3 Å². The highest BCUT2D eigenvalue weighted by Crippen LogP contribution is 2.39. The van der Waals surface area contributed by atoms with Crippen LogP contribution in [0.15, 0.2) is 6.33 Å². The number of carbonyl (C=O) groups excluding carboxylic acids is 2. The summed E-state index contributed by atoms with van der Waals surface area (Å²) in [5.41, 5.74) is 2.89. The molecule has 0 saturated heterocycles. The first-order valence-corrected chi connectivity index (χ1v) is 9.45. The lowest BCUT2D eigenvalue weighted by Gasteiger charge is -2.19. The van der Waals surface area contributed by atoms with Gasteiger partial charge in [-0.2, -0.15) is 0 Å². The van der Waals surface area contributed by atoms with Gasteiger partial charge in [-0.3, -0.25) is 9.59 Å². The highest BCUT2D eigenvalue weighted by atomic mass is 32.1. The number of amides is 1. The summed E-state index contributed by atoms with van der Waals surface area (Å²) in [6, 6.07) is 0. The van der Waals surface area contributed by atoms with E-state index in [1.807, 2.05) is 0 Å². The monoisotopic (exact) mass is 360 g/mol. The van der Waals surface area contributed by atoms with Crippen molar-refractivity contribution in [1.29, 1.82) is 0 Å². The third kappa shape index (κ3) is 3.06. The zero-order valence-corrected chi connectivity index (χ0v) is 14.8. The number of ether oxygens (including phenoxy) is 1. The second-order valence-corrected chi connectivity index (χ2v) is 7.51. The zero-order chi connectivity index (χ0) is 17.4. The van der Waals surface area contributed by atoms with Crippen molar-refractivity contribution in [3.8, 4) is 0 Å². The smallest absolute Gasteiger partial charge is 0.315 e. The van der Waals surface area contributed by atoms with E-state index in [1.54, 1.807) is 13.3 Å². The lowest BCUT2D eigenvalue weighted by atomic mass is 9.89. The molecule has 2 atom stereocenters. The number of aryl methyl sites for hydroxylation is 2. The van der Waals surface area contributed by atoms with Crippen LogP contribution in [0, 0.1) is 5.92 Å². The van der Waals surface area contributed by atoms with Gasteiger partial charge in [0.1, 0.15) is 5.92 Å². The van der Waals surface area contributed by atoms with Gasteiger partial charge in [0.2, 0.25) is 5.91 Å². The SMILES string of the molecule is CCOC(=O)C1CCc2sc(NC(=O)C3CCc4nc[nH]c4C3)nc21. The lowest BCUT2D eigenvalue weighted by molar-refractivity contribution is -0.145. The Morgan fingerprint density at radius 1 is 1.40 bits per heavy atom. The van der Waals surface area contributed by atoms with E-state index in [2.05, 4.69) is 20.3 Å². The van der Waals surface area contributed by atoms with E-state index >= 15 is 0 Å². The summed E-state index contributed by atoms with van der Waals surface area (Å²) in [7, 11) is 0.